The first-order chi connectivity index (χ1) is 10.9. The number of carbonyl (C=O) groups excluding carboxylic acids is 1. The Hall–Kier alpha value is -1.35. The summed E-state index contributed by atoms with van der Waals surface area (Å²) in [7, 11) is 0. The molecule has 1 heterocycles. The number of amides is 1. The highest BCUT2D eigenvalue weighted by Gasteiger charge is 2.34. The predicted molar refractivity (Wildman–Crippen MR) is 94.9 cm³/mol. The van der Waals surface area contributed by atoms with Crippen LogP contribution >= 0.6 is 0 Å². The van der Waals surface area contributed by atoms with E-state index in [-0.39, 0.29) is 12.5 Å². The normalized spacial score (nSPS) is 23.3. The van der Waals surface area contributed by atoms with Gasteiger partial charge in [-0.15, -0.1) is 0 Å². The molecule has 128 valence electrons. The number of carbonyl (C=O) groups is 1. The van der Waals surface area contributed by atoms with E-state index in [4.69, 9.17) is 0 Å². The van der Waals surface area contributed by atoms with Crippen LogP contribution in [0.2, 0.25) is 0 Å². The lowest BCUT2D eigenvalue weighted by atomic mass is 9.82. The first kappa shape index (κ1) is 18.0. The highest BCUT2D eigenvalue weighted by Crippen LogP contribution is 2.34. The fourth-order valence-corrected chi connectivity index (χ4v) is 3.52. The van der Waals surface area contributed by atoms with Gasteiger partial charge in [-0.2, -0.15) is 0 Å². The van der Waals surface area contributed by atoms with Crippen LogP contribution in [0.5, 0.6) is 0 Å². The Morgan fingerprint density at radius 1 is 1.35 bits per heavy atom. The molecule has 1 fully saturated rings. The van der Waals surface area contributed by atoms with Crippen LogP contribution in [0.1, 0.15) is 47.0 Å². The SMILES string of the molecule is CCC1=CC(C)C=CC=C1C1CCN(C(=O)C(C)(C)CO)CC1. The molecule has 0 saturated carbocycles. The maximum atomic E-state index is 12.5. The third-order valence-corrected chi connectivity index (χ3v) is 5.10. The van der Waals surface area contributed by atoms with Crippen LogP contribution < -0.4 is 0 Å². The Kier molecular flexibility index (Phi) is 5.85. The van der Waals surface area contributed by atoms with Crippen LogP contribution in [0.25, 0.3) is 0 Å². The Morgan fingerprint density at radius 2 is 2.00 bits per heavy atom. The van der Waals surface area contributed by atoms with Crippen molar-refractivity contribution in [3.05, 3.63) is 35.5 Å². The summed E-state index contributed by atoms with van der Waals surface area (Å²) < 4.78 is 0. The number of hydrogen-bond donors (Lipinski definition) is 1. The maximum Gasteiger partial charge on any atom is 0.230 e. The Bertz CT molecular complexity index is 520. The molecule has 0 aromatic rings. The second kappa shape index (κ2) is 7.48. The van der Waals surface area contributed by atoms with Gasteiger partial charge in [-0.3, -0.25) is 4.79 Å². The lowest BCUT2D eigenvalue weighted by molar-refractivity contribution is -0.143. The molecule has 0 aromatic carbocycles. The summed E-state index contributed by atoms with van der Waals surface area (Å²) in [5, 5.41) is 9.40. The van der Waals surface area contributed by atoms with Crippen molar-refractivity contribution in [1.82, 2.24) is 4.90 Å². The second-order valence-electron chi connectivity index (χ2n) is 7.52. The zero-order valence-electron chi connectivity index (χ0n) is 15.0. The summed E-state index contributed by atoms with van der Waals surface area (Å²) in [6.45, 7) is 9.57. The van der Waals surface area contributed by atoms with Gasteiger partial charge in [0.1, 0.15) is 0 Å². The third-order valence-electron chi connectivity index (χ3n) is 5.10. The van der Waals surface area contributed by atoms with E-state index in [0.29, 0.717) is 11.8 Å². The zero-order valence-corrected chi connectivity index (χ0v) is 15.0. The van der Waals surface area contributed by atoms with Crippen molar-refractivity contribution in [1.29, 1.82) is 0 Å². The van der Waals surface area contributed by atoms with E-state index >= 15 is 0 Å². The van der Waals surface area contributed by atoms with Gasteiger partial charge in [-0.1, -0.05) is 38.2 Å². The summed E-state index contributed by atoms with van der Waals surface area (Å²) in [4.78, 5) is 14.4. The van der Waals surface area contributed by atoms with Crippen molar-refractivity contribution in [2.45, 2.75) is 47.0 Å². The first-order valence-electron chi connectivity index (χ1n) is 8.88. The lowest BCUT2D eigenvalue weighted by Gasteiger charge is -2.37. The molecule has 23 heavy (non-hydrogen) atoms. The van der Waals surface area contributed by atoms with Crippen molar-refractivity contribution in [3.8, 4) is 0 Å². The van der Waals surface area contributed by atoms with Gasteiger partial charge in [-0.05, 0) is 56.1 Å². The predicted octanol–water partition coefficient (Wildman–Crippen LogP) is 3.71. The minimum absolute atomic E-state index is 0.0769. The van der Waals surface area contributed by atoms with Crippen molar-refractivity contribution >= 4 is 5.91 Å². The van der Waals surface area contributed by atoms with Gasteiger partial charge in [0.2, 0.25) is 5.91 Å². The maximum absolute atomic E-state index is 12.5. The molecule has 1 aliphatic heterocycles. The number of nitrogens with zero attached hydrogens (tertiary/aromatic N) is 1. The Morgan fingerprint density at radius 3 is 2.57 bits per heavy atom. The quantitative estimate of drug-likeness (QED) is 0.858. The highest BCUT2D eigenvalue weighted by molar-refractivity contribution is 5.82. The van der Waals surface area contributed by atoms with Crippen LogP contribution in [-0.2, 0) is 4.79 Å². The monoisotopic (exact) mass is 317 g/mol. The summed E-state index contributed by atoms with van der Waals surface area (Å²) in [6, 6.07) is 0. The molecule has 1 N–H and O–H groups in total. The number of hydrogen-bond acceptors (Lipinski definition) is 2. The van der Waals surface area contributed by atoms with Gasteiger partial charge in [0.15, 0.2) is 0 Å². The molecule has 2 aliphatic rings. The smallest absolute Gasteiger partial charge is 0.230 e. The number of allylic oxidation sites excluding steroid dienone is 6. The van der Waals surface area contributed by atoms with Crippen molar-refractivity contribution in [2.24, 2.45) is 17.3 Å². The van der Waals surface area contributed by atoms with E-state index in [1.54, 1.807) is 0 Å². The molecule has 1 atom stereocenters. The van der Waals surface area contributed by atoms with E-state index in [1.807, 2.05) is 18.7 Å². The van der Waals surface area contributed by atoms with E-state index in [2.05, 4.69) is 38.2 Å². The lowest BCUT2D eigenvalue weighted by Crippen LogP contribution is -2.46. The number of rotatable bonds is 4. The van der Waals surface area contributed by atoms with Crippen LogP contribution in [0.4, 0.5) is 0 Å². The molecule has 0 aromatic heterocycles. The van der Waals surface area contributed by atoms with Gasteiger partial charge in [-0.25, -0.2) is 0 Å². The van der Waals surface area contributed by atoms with Crippen LogP contribution in [-0.4, -0.2) is 35.6 Å². The summed E-state index contributed by atoms with van der Waals surface area (Å²) in [5.74, 6) is 1.11. The molecule has 3 nitrogen and oxygen atoms in total. The minimum atomic E-state index is -0.666. The van der Waals surface area contributed by atoms with Gasteiger partial charge in [0, 0.05) is 13.1 Å². The van der Waals surface area contributed by atoms with Gasteiger partial charge >= 0.3 is 0 Å². The Labute approximate surface area is 140 Å². The fourth-order valence-electron chi connectivity index (χ4n) is 3.52. The van der Waals surface area contributed by atoms with Crippen LogP contribution in [0.15, 0.2) is 35.5 Å². The van der Waals surface area contributed by atoms with E-state index in [9.17, 15) is 9.90 Å². The topological polar surface area (TPSA) is 40.5 Å². The molecular formula is C20H31NO2. The molecule has 1 saturated heterocycles. The molecule has 3 heteroatoms. The van der Waals surface area contributed by atoms with E-state index in [1.165, 1.54) is 11.1 Å². The number of aliphatic hydroxyl groups is 1. The molecular weight excluding hydrogens is 286 g/mol. The van der Waals surface area contributed by atoms with Crippen molar-refractivity contribution in [3.63, 3.8) is 0 Å². The number of likely N-dealkylation sites (tertiary alicyclic amines) is 1. The molecule has 1 amide bonds. The van der Waals surface area contributed by atoms with E-state index < -0.39 is 5.41 Å². The standard InChI is InChI=1S/C20H31NO2/c1-5-16-13-15(2)7-6-8-18(16)17-9-11-21(12-10-17)19(23)20(3,4)14-22/h6-8,13,15,17,22H,5,9-12,14H2,1-4H3. The fraction of sp³-hybridized carbons (Fsp3) is 0.650. The summed E-state index contributed by atoms with van der Waals surface area (Å²) in [6.07, 6.45) is 12.2. The summed E-state index contributed by atoms with van der Waals surface area (Å²) >= 11 is 0. The first-order valence-corrected chi connectivity index (χ1v) is 8.88. The van der Waals surface area contributed by atoms with Gasteiger partial charge in [0.25, 0.3) is 0 Å². The highest BCUT2D eigenvalue weighted by atomic mass is 16.3. The molecule has 0 spiro atoms. The average Bonchev–Trinajstić information content (AvgIpc) is 2.75. The largest absolute Gasteiger partial charge is 0.395 e. The van der Waals surface area contributed by atoms with Crippen molar-refractivity contribution < 1.29 is 9.90 Å². The molecule has 2 rings (SSSR count). The second-order valence-corrected chi connectivity index (χ2v) is 7.52. The number of piperidine rings is 1. The molecule has 0 bridgehead atoms. The van der Waals surface area contributed by atoms with Gasteiger partial charge < -0.3 is 10.0 Å². The molecule has 1 aliphatic carbocycles. The van der Waals surface area contributed by atoms with E-state index in [0.717, 1.165) is 32.4 Å². The summed E-state index contributed by atoms with van der Waals surface area (Å²) in [5.41, 5.74) is 2.26. The van der Waals surface area contributed by atoms with Gasteiger partial charge in [0.05, 0.1) is 12.0 Å². The molecule has 0 radical (unpaired) electrons. The van der Waals surface area contributed by atoms with Crippen LogP contribution in [0.3, 0.4) is 0 Å². The van der Waals surface area contributed by atoms with Crippen LogP contribution in [0, 0.1) is 17.3 Å². The Balaban J connectivity index is 2.04. The zero-order chi connectivity index (χ0) is 17.0. The third kappa shape index (κ3) is 4.14. The molecule has 1 unspecified atom stereocenters. The average molecular weight is 317 g/mol. The minimum Gasteiger partial charge on any atom is -0.395 e. The van der Waals surface area contributed by atoms with Crippen molar-refractivity contribution in [2.75, 3.05) is 19.7 Å². The number of aliphatic hydroxyl groups excluding tert-OH is 1.